The van der Waals surface area contributed by atoms with Crippen molar-refractivity contribution in [2.45, 2.75) is 143 Å². The highest BCUT2D eigenvalue weighted by Crippen LogP contribution is 2.45. The summed E-state index contributed by atoms with van der Waals surface area (Å²) in [4.78, 5) is 88.9. The largest absolute Gasteiger partial charge is 0.501 e. The Morgan fingerprint density at radius 2 is 1.45 bits per heavy atom. The normalized spacial score (nSPS) is 21.1. The maximum Gasteiger partial charge on any atom is 0.501 e. The Kier molecular flexibility index (Phi) is 28.2. The molecule has 0 spiro atoms. The molecule has 616 valence electrons. The van der Waals surface area contributed by atoms with Gasteiger partial charge in [0.2, 0.25) is 23.6 Å². The Labute approximate surface area is 681 Å². The Morgan fingerprint density at radius 3 is 2.10 bits per heavy atom. The van der Waals surface area contributed by atoms with Crippen LogP contribution in [0.5, 0.6) is 0 Å². The first-order chi connectivity index (χ1) is 54.2. The number of aromatic nitrogens is 1. The molecule has 0 bridgehead atoms. The SMILES string of the molecule is Cc1ncsc1-c1ccc([C@H](C)NC(=O)[C@@H]2C[C@@H](O)CN2C(=O)[C@@H](NC(=O)CC2CCN(CC(=O)N3CCN(CC4(C)CCC(c5ccc(Cl)cc5)=C(CN5CCN(c6ccc(C(=O)NS(=O)(=O)c7ccc(N[C@H](CCN8CCOCC8)CSc8ccccc8)c(S(=O)(=O)C(F)(F)F)c7)cc6)CC5)C4)CC3)CC2)C(C)(C)C)cc1. The number of hydrogen-bond donors (Lipinski definition) is 5. The van der Waals surface area contributed by atoms with Crippen LogP contribution in [0.25, 0.3) is 16.0 Å². The first kappa shape index (κ1) is 85.9. The number of sulfonamides is 1. The number of thioether (sulfide) groups is 1. The number of sulfone groups is 1. The molecular formula is C83H106ClF3N12O11S4. The monoisotopic (exact) mass is 1670 g/mol. The number of aliphatic hydroxyl groups excluding tert-OH is 1. The van der Waals surface area contributed by atoms with E-state index in [1.807, 2.05) is 116 Å². The van der Waals surface area contributed by atoms with Gasteiger partial charge in [0.25, 0.3) is 25.8 Å². The molecule has 6 aliphatic rings. The number of allylic oxidation sites excluding steroid dienone is 1. The molecular weight excluding hydrogens is 1560 g/mol. The van der Waals surface area contributed by atoms with E-state index >= 15 is 0 Å². The Hall–Kier alpha value is -7.49. The van der Waals surface area contributed by atoms with Gasteiger partial charge in [-0.05, 0) is 171 Å². The summed E-state index contributed by atoms with van der Waals surface area (Å²) in [7, 11) is -11.0. The van der Waals surface area contributed by atoms with E-state index < -0.39 is 82.3 Å². The molecule has 5 amide bonds. The molecule has 1 aliphatic carbocycles. The first-order valence-electron chi connectivity index (χ1n) is 39.4. The van der Waals surface area contributed by atoms with E-state index in [1.165, 1.54) is 39.9 Å². The second-order valence-corrected chi connectivity index (χ2v) is 38.6. The van der Waals surface area contributed by atoms with E-state index in [0.717, 1.165) is 121 Å². The van der Waals surface area contributed by atoms with Gasteiger partial charge in [-0.2, -0.15) is 13.2 Å². The molecule has 31 heteroatoms. The molecule has 6 atom stereocenters. The van der Waals surface area contributed by atoms with Gasteiger partial charge < -0.3 is 40.5 Å². The maximum atomic E-state index is 14.5. The number of benzene rings is 5. The molecule has 1 aromatic heterocycles. The predicted octanol–water partition coefficient (Wildman–Crippen LogP) is 10.9. The zero-order valence-corrected chi connectivity index (χ0v) is 69.7. The fraction of sp³-hybridized carbons (Fsp3) is 0.518. The minimum atomic E-state index is -6.11. The number of likely N-dealkylation sites (tertiary alicyclic amines) is 2. The van der Waals surface area contributed by atoms with Crippen molar-refractivity contribution in [2.75, 3.05) is 140 Å². The summed E-state index contributed by atoms with van der Waals surface area (Å²) < 4.78 is 105. The molecule has 1 unspecified atom stereocenters. The molecule has 6 heterocycles. The number of piperidine rings is 1. The number of carbonyl (C=O) groups is 5. The van der Waals surface area contributed by atoms with Gasteiger partial charge in [-0.3, -0.25) is 43.6 Å². The van der Waals surface area contributed by atoms with Crippen LogP contribution >= 0.6 is 34.7 Å². The fourth-order valence-electron chi connectivity index (χ4n) is 16.4. The second kappa shape index (κ2) is 37.4. The number of rotatable bonds is 28. The first-order valence-corrected chi connectivity index (χ1v) is 44.6. The number of thiazole rings is 1. The molecule has 5 aromatic carbocycles. The molecule has 0 radical (unpaired) electrons. The van der Waals surface area contributed by atoms with E-state index in [2.05, 4.69) is 64.5 Å². The number of piperazine rings is 2. The van der Waals surface area contributed by atoms with E-state index in [-0.39, 0.29) is 60.0 Å². The summed E-state index contributed by atoms with van der Waals surface area (Å²) in [5, 5.41) is 20.6. The third-order valence-corrected chi connectivity index (χ3v) is 28.2. The Bertz CT molecular complexity index is 4610. The number of anilines is 2. The zero-order chi connectivity index (χ0) is 81.3. The molecule has 5 N–H and O–H groups in total. The topological polar surface area (TPSA) is 267 Å². The molecule has 114 heavy (non-hydrogen) atoms. The third kappa shape index (κ3) is 22.0. The number of alkyl halides is 3. The van der Waals surface area contributed by atoms with Crippen LogP contribution in [0.2, 0.25) is 5.02 Å². The third-order valence-electron chi connectivity index (χ3n) is 23.0. The lowest BCUT2D eigenvalue weighted by molar-refractivity contribution is -0.144. The van der Waals surface area contributed by atoms with Gasteiger partial charge >= 0.3 is 5.51 Å². The van der Waals surface area contributed by atoms with Gasteiger partial charge in [-0.25, -0.2) is 26.5 Å². The number of carbonyl (C=O) groups excluding carboxylic acids is 5. The van der Waals surface area contributed by atoms with Gasteiger partial charge in [0, 0.05) is 137 Å². The Balaban J connectivity index is 0.593. The molecule has 12 rings (SSSR count). The molecule has 5 aliphatic heterocycles. The van der Waals surface area contributed by atoms with Crippen molar-refractivity contribution in [1.82, 2.24) is 49.7 Å². The Morgan fingerprint density at radius 1 is 0.781 bits per heavy atom. The van der Waals surface area contributed by atoms with Gasteiger partial charge in [-0.15, -0.1) is 23.1 Å². The molecule has 6 aromatic rings. The summed E-state index contributed by atoms with van der Waals surface area (Å²) in [6.07, 6.45) is 4.02. The summed E-state index contributed by atoms with van der Waals surface area (Å²) >= 11 is 9.42. The van der Waals surface area contributed by atoms with Crippen LogP contribution in [0.3, 0.4) is 0 Å². The predicted molar refractivity (Wildman–Crippen MR) is 439 cm³/mol. The van der Waals surface area contributed by atoms with Crippen LogP contribution in [0, 0.1) is 23.7 Å². The number of morpholine rings is 1. The number of nitrogens with one attached hydrogen (secondary N) is 4. The van der Waals surface area contributed by atoms with E-state index in [9.17, 15) is 59.1 Å². The van der Waals surface area contributed by atoms with Crippen molar-refractivity contribution >= 4 is 101 Å². The van der Waals surface area contributed by atoms with Gasteiger partial charge in [0.1, 0.15) is 17.0 Å². The zero-order valence-electron chi connectivity index (χ0n) is 65.6. The van der Waals surface area contributed by atoms with Crippen LogP contribution in [0.4, 0.5) is 24.5 Å². The number of nitrogens with zero attached hydrogens (tertiary/aromatic N) is 8. The summed E-state index contributed by atoms with van der Waals surface area (Å²) in [6, 6.07) is 31.3. The molecule has 23 nitrogen and oxygen atoms in total. The number of aryl methyl sites for hydroxylation is 1. The molecule has 0 saturated carbocycles. The van der Waals surface area contributed by atoms with E-state index in [0.29, 0.717) is 102 Å². The van der Waals surface area contributed by atoms with Crippen LogP contribution in [0.15, 0.2) is 147 Å². The van der Waals surface area contributed by atoms with E-state index in [1.54, 1.807) is 23.5 Å². The average Bonchev–Trinajstić information content (AvgIpc) is 0.957. The lowest BCUT2D eigenvalue weighted by Gasteiger charge is -2.44. The average molecular weight is 1670 g/mol. The number of β-amino-alcohol motifs (C(OH)–C–C–N with tert-alkyl or cyclic N) is 1. The lowest BCUT2D eigenvalue weighted by Crippen LogP contribution is -2.58. The van der Waals surface area contributed by atoms with E-state index in [4.69, 9.17) is 16.3 Å². The highest BCUT2D eigenvalue weighted by Gasteiger charge is 2.49. The van der Waals surface area contributed by atoms with Crippen LogP contribution < -0.4 is 25.6 Å². The summed E-state index contributed by atoms with van der Waals surface area (Å²) in [5.41, 5.74) is 2.35. The van der Waals surface area contributed by atoms with Crippen molar-refractivity contribution < 1.29 is 63.8 Å². The van der Waals surface area contributed by atoms with Crippen molar-refractivity contribution in [3.63, 3.8) is 0 Å². The van der Waals surface area contributed by atoms with Crippen molar-refractivity contribution in [1.29, 1.82) is 0 Å². The van der Waals surface area contributed by atoms with Crippen LogP contribution in [-0.4, -0.2) is 246 Å². The van der Waals surface area contributed by atoms with Crippen molar-refractivity contribution in [2.24, 2.45) is 16.7 Å². The molecule has 5 saturated heterocycles. The number of amides is 5. The highest BCUT2D eigenvalue weighted by molar-refractivity contribution is 7.99. The standard InChI is InChI=1S/C83H106ClF3N12O11S4/c1-56(59-12-14-61(15-13-59)76-57(2)88-55-112-76)89-79(104)72-47-67(100)51-99(72)80(105)77(81(3,4)5)91-74(101)46-58-27-31-94(32-28-58)52-75(102)98-40-36-96(37-41-98)54-82(6)30-26-70(60-16-20-64(84)21-17-60)63(49-82)50-95-34-38-97(39-35-95)66-22-18-62(19-23-66)78(103)92-114(108,109)69-24-25-71(73(48-69)113(106,107)83(85,86)87)90-65(29-33-93-42-44-110-45-43-93)53-111-68-10-8-7-9-11-68/h7-25,48,55-56,58,65,67,72,77,90,100H,26-47,49-54H2,1-6H3,(H,89,104)(H,91,101)(H,92,103)/t56-,65+,67+,72-,77+,82?/m0/s1. The fourth-order valence-corrected chi connectivity index (χ4v) is 20.3. The number of halogens is 4. The lowest BCUT2D eigenvalue weighted by atomic mass is 9.71. The molecule has 5 fully saturated rings. The number of aliphatic hydroxyl groups is 1. The van der Waals surface area contributed by atoms with Crippen molar-refractivity contribution in [3.05, 3.63) is 160 Å². The number of ether oxygens (including phenoxy) is 1. The summed E-state index contributed by atoms with van der Waals surface area (Å²) in [5.74, 6) is -1.60. The smallest absolute Gasteiger partial charge is 0.391 e. The van der Waals surface area contributed by atoms with Crippen LogP contribution in [0.1, 0.15) is 119 Å². The minimum Gasteiger partial charge on any atom is -0.391 e. The quantitative estimate of drug-likeness (QED) is 0.0286. The van der Waals surface area contributed by atoms with Gasteiger partial charge in [-0.1, -0.05) is 99.5 Å². The van der Waals surface area contributed by atoms with Gasteiger partial charge in [0.15, 0.2) is 0 Å². The second-order valence-electron chi connectivity index (χ2n) is 32.6. The minimum absolute atomic E-state index is 0.0224. The van der Waals surface area contributed by atoms with Gasteiger partial charge in [0.05, 0.1) is 58.6 Å². The number of hydrogen-bond acceptors (Lipinski definition) is 20. The maximum absolute atomic E-state index is 14.5. The van der Waals surface area contributed by atoms with Crippen molar-refractivity contribution in [3.8, 4) is 10.4 Å². The highest BCUT2D eigenvalue weighted by atomic mass is 35.5. The van der Waals surface area contributed by atoms with Crippen LogP contribution in [-0.2, 0) is 43.8 Å². The summed E-state index contributed by atoms with van der Waals surface area (Å²) in [6.45, 7) is 23.5.